The van der Waals surface area contributed by atoms with Gasteiger partial charge in [0.05, 0.1) is 6.61 Å². The van der Waals surface area contributed by atoms with Gasteiger partial charge in [-0.3, -0.25) is 0 Å². The summed E-state index contributed by atoms with van der Waals surface area (Å²) in [4.78, 5) is 2.49. The van der Waals surface area contributed by atoms with E-state index in [1.165, 1.54) is 11.1 Å². The van der Waals surface area contributed by atoms with Crippen LogP contribution in [0.15, 0.2) is 18.2 Å². The maximum Gasteiger partial charge on any atom is 0.0715 e. The number of nitrogens with zero attached hydrogens (tertiary/aromatic N) is 1. The molecule has 0 spiro atoms. The van der Waals surface area contributed by atoms with Crippen LogP contribution in [-0.2, 0) is 17.8 Å². The van der Waals surface area contributed by atoms with E-state index in [0.29, 0.717) is 6.61 Å². The van der Waals surface area contributed by atoms with Gasteiger partial charge in [0.2, 0.25) is 0 Å². The Hall–Kier alpha value is -0.610. The molecule has 0 saturated carbocycles. The molecule has 0 amide bonds. The molecule has 1 fully saturated rings. The standard InChI is InChI=1S/C14H21ClN2O/c1-18-11-13-2-3-14(15)10-12(13)4-7-17-8-5-16-6-9-17/h2-3,10,16H,4-9,11H2,1H3. The van der Waals surface area contributed by atoms with E-state index >= 15 is 0 Å². The van der Waals surface area contributed by atoms with Crippen molar-refractivity contribution >= 4 is 11.6 Å². The Kier molecular flexibility index (Phi) is 5.45. The Morgan fingerprint density at radius 3 is 2.78 bits per heavy atom. The monoisotopic (exact) mass is 268 g/mol. The van der Waals surface area contributed by atoms with Crippen LogP contribution in [0, 0.1) is 0 Å². The first kappa shape index (κ1) is 13.8. The Morgan fingerprint density at radius 2 is 2.06 bits per heavy atom. The summed E-state index contributed by atoms with van der Waals surface area (Å²) in [5.74, 6) is 0. The molecule has 2 rings (SSSR count). The number of hydrogen-bond donors (Lipinski definition) is 1. The van der Waals surface area contributed by atoms with Gasteiger partial charge in [-0.15, -0.1) is 0 Å². The Morgan fingerprint density at radius 1 is 1.28 bits per heavy atom. The Balaban J connectivity index is 1.95. The molecule has 3 nitrogen and oxygen atoms in total. The molecule has 1 aromatic rings. The lowest BCUT2D eigenvalue weighted by atomic mass is 10.0. The van der Waals surface area contributed by atoms with Crippen molar-refractivity contribution in [2.75, 3.05) is 39.8 Å². The van der Waals surface area contributed by atoms with E-state index in [0.717, 1.165) is 44.2 Å². The number of nitrogens with one attached hydrogen (secondary N) is 1. The largest absolute Gasteiger partial charge is 0.380 e. The van der Waals surface area contributed by atoms with Crippen molar-refractivity contribution in [1.82, 2.24) is 10.2 Å². The minimum Gasteiger partial charge on any atom is -0.380 e. The molecule has 4 heteroatoms. The van der Waals surface area contributed by atoms with E-state index in [1.807, 2.05) is 6.07 Å². The molecule has 0 unspecified atom stereocenters. The topological polar surface area (TPSA) is 24.5 Å². The van der Waals surface area contributed by atoms with Gasteiger partial charge < -0.3 is 15.0 Å². The lowest BCUT2D eigenvalue weighted by Crippen LogP contribution is -2.44. The summed E-state index contributed by atoms with van der Waals surface area (Å²) in [7, 11) is 1.73. The molecule has 1 aliphatic rings. The fourth-order valence-electron chi connectivity index (χ4n) is 2.34. The molecule has 1 saturated heterocycles. The van der Waals surface area contributed by atoms with Crippen LogP contribution in [0.25, 0.3) is 0 Å². The molecule has 0 aromatic heterocycles. The molecule has 0 radical (unpaired) electrons. The summed E-state index contributed by atoms with van der Waals surface area (Å²) in [5, 5.41) is 4.18. The molecule has 1 N–H and O–H groups in total. The van der Waals surface area contributed by atoms with Crippen molar-refractivity contribution in [2.45, 2.75) is 13.0 Å². The van der Waals surface area contributed by atoms with E-state index in [4.69, 9.17) is 16.3 Å². The second-order valence-electron chi connectivity index (χ2n) is 4.69. The molecule has 18 heavy (non-hydrogen) atoms. The molecule has 0 atom stereocenters. The second kappa shape index (κ2) is 7.10. The van der Waals surface area contributed by atoms with Gasteiger partial charge in [0.15, 0.2) is 0 Å². The highest BCUT2D eigenvalue weighted by Gasteiger charge is 2.10. The van der Waals surface area contributed by atoms with E-state index in [2.05, 4.69) is 22.3 Å². The SMILES string of the molecule is COCc1ccc(Cl)cc1CCN1CCNCC1. The van der Waals surface area contributed by atoms with Crippen LogP contribution in [0.2, 0.25) is 5.02 Å². The summed E-state index contributed by atoms with van der Waals surface area (Å²) in [6.45, 7) is 6.23. The van der Waals surface area contributed by atoms with Gasteiger partial charge in [-0.1, -0.05) is 17.7 Å². The first-order valence-corrected chi connectivity index (χ1v) is 6.86. The lowest BCUT2D eigenvalue weighted by molar-refractivity contribution is 0.183. The van der Waals surface area contributed by atoms with Gasteiger partial charge in [0.25, 0.3) is 0 Å². The van der Waals surface area contributed by atoms with E-state index in [1.54, 1.807) is 7.11 Å². The van der Waals surface area contributed by atoms with Crippen molar-refractivity contribution in [3.05, 3.63) is 34.3 Å². The maximum atomic E-state index is 6.07. The minimum absolute atomic E-state index is 0.661. The fraction of sp³-hybridized carbons (Fsp3) is 0.571. The van der Waals surface area contributed by atoms with Gasteiger partial charge in [-0.2, -0.15) is 0 Å². The molecule has 1 aliphatic heterocycles. The van der Waals surface area contributed by atoms with Crippen LogP contribution >= 0.6 is 11.6 Å². The summed E-state index contributed by atoms with van der Waals surface area (Å²) in [6, 6.07) is 6.07. The summed E-state index contributed by atoms with van der Waals surface area (Å²) < 4.78 is 5.23. The first-order chi connectivity index (χ1) is 8.79. The zero-order valence-electron chi connectivity index (χ0n) is 10.9. The molecular weight excluding hydrogens is 248 g/mol. The average molecular weight is 269 g/mol. The molecular formula is C14H21ClN2O. The zero-order valence-corrected chi connectivity index (χ0v) is 11.7. The third-order valence-corrected chi connectivity index (χ3v) is 3.61. The quantitative estimate of drug-likeness (QED) is 0.883. The van der Waals surface area contributed by atoms with Gasteiger partial charge in [0.1, 0.15) is 0 Å². The molecule has 100 valence electrons. The number of methoxy groups -OCH3 is 1. The van der Waals surface area contributed by atoms with E-state index < -0.39 is 0 Å². The highest BCUT2D eigenvalue weighted by Crippen LogP contribution is 2.18. The third kappa shape index (κ3) is 3.95. The predicted molar refractivity (Wildman–Crippen MR) is 75.2 cm³/mol. The Bertz CT molecular complexity index is 378. The minimum atomic E-state index is 0.661. The van der Waals surface area contributed by atoms with Crippen LogP contribution in [-0.4, -0.2) is 44.7 Å². The summed E-state index contributed by atoms with van der Waals surface area (Å²) in [6.07, 6.45) is 1.04. The maximum absolute atomic E-state index is 6.07. The van der Waals surface area contributed by atoms with Crippen molar-refractivity contribution in [2.24, 2.45) is 0 Å². The number of ether oxygens (including phenoxy) is 1. The van der Waals surface area contributed by atoms with Crippen LogP contribution in [0.4, 0.5) is 0 Å². The average Bonchev–Trinajstić information content (AvgIpc) is 2.40. The fourth-order valence-corrected chi connectivity index (χ4v) is 2.53. The molecule has 1 heterocycles. The third-order valence-electron chi connectivity index (χ3n) is 3.38. The van der Waals surface area contributed by atoms with Crippen LogP contribution < -0.4 is 5.32 Å². The van der Waals surface area contributed by atoms with E-state index in [9.17, 15) is 0 Å². The van der Waals surface area contributed by atoms with Gasteiger partial charge in [-0.25, -0.2) is 0 Å². The highest BCUT2D eigenvalue weighted by atomic mass is 35.5. The van der Waals surface area contributed by atoms with Gasteiger partial charge in [-0.05, 0) is 29.7 Å². The number of rotatable bonds is 5. The van der Waals surface area contributed by atoms with Crippen LogP contribution in [0.1, 0.15) is 11.1 Å². The lowest BCUT2D eigenvalue weighted by Gasteiger charge is -2.27. The summed E-state index contributed by atoms with van der Waals surface area (Å²) in [5.41, 5.74) is 2.56. The Labute approximate surface area is 114 Å². The first-order valence-electron chi connectivity index (χ1n) is 6.49. The smallest absolute Gasteiger partial charge is 0.0715 e. The van der Waals surface area contributed by atoms with Crippen molar-refractivity contribution in [1.29, 1.82) is 0 Å². The van der Waals surface area contributed by atoms with Crippen molar-refractivity contribution in [3.8, 4) is 0 Å². The molecule has 1 aromatic carbocycles. The van der Waals surface area contributed by atoms with Gasteiger partial charge >= 0.3 is 0 Å². The molecule has 0 aliphatic carbocycles. The van der Waals surface area contributed by atoms with Crippen molar-refractivity contribution < 1.29 is 4.74 Å². The van der Waals surface area contributed by atoms with Gasteiger partial charge in [0, 0.05) is 44.9 Å². The van der Waals surface area contributed by atoms with Crippen molar-refractivity contribution in [3.63, 3.8) is 0 Å². The van der Waals surface area contributed by atoms with E-state index in [-0.39, 0.29) is 0 Å². The predicted octanol–water partition coefficient (Wildman–Crippen LogP) is 1.93. The highest BCUT2D eigenvalue weighted by molar-refractivity contribution is 6.30. The van der Waals surface area contributed by atoms with Crippen LogP contribution in [0.3, 0.4) is 0 Å². The number of hydrogen-bond acceptors (Lipinski definition) is 3. The van der Waals surface area contributed by atoms with Crippen LogP contribution in [0.5, 0.6) is 0 Å². The molecule has 0 bridgehead atoms. The normalized spacial score (nSPS) is 17.0. The number of benzene rings is 1. The number of piperazine rings is 1. The number of halogens is 1. The zero-order chi connectivity index (χ0) is 12.8. The summed E-state index contributed by atoms with van der Waals surface area (Å²) >= 11 is 6.07. The second-order valence-corrected chi connectivity index (χ2v) is 5.12.